The van der Waals surface area contributed by atoms with Crippen molar-refractivity contribution in [3.63, 3.8) is 0 Å². The van der Waals surface area contributed by atoms with Crippen LogP contribution >= 0.6 is 0 Å². The zero-order chi connectivity index (χ0) is 13.2. The molecule has 0 unspecified atom stereocenters. The van der Waals surface area contributed by atoms with Gasteiger partial charge in [0.15, 0.2) is 11.6 Å². The second kappa shape index (κ2) is 4.57. The van der Waals surface area contributed by atoms with Crippen LogP contribution in [0.4, 0.5) is 0 Å². The largest absolute Gasteiger partial charge is 0.508 e. The molecule has 0 aliphatic carbocycles. The summed E-state index contributed by atoms with van der Waals surface area (Å²) < 4.78 is 0. The summed E-state index contributed by atoms with van der Waals surface area (Å²) in [4.78, 5) is 4.46. The Kier molecular flexibility index (Phi) is 2.76. The fraction of sp³-hybridized carbons (Fsp3) is 0.0667. The molecule has 0 aliphatic rings. The van der Waals surface area contributed by atoms with Crippen LogP contribution in [-0.2, 0) is 0 Å². The van der Waals surface area contributed by atoms with E-state index in [1.807, 2.05) is 31.2 Å². The zero-order valence-corrected chi connectivity index (χ0v) is 10.5. The molecule has 0 bridgehead atoms. The number of aromatic hydroxyl groups is 1. The van der Waals surface area contributed by atoms with Crippen molar-refractivity contribution < 1.29 is 5.11 Å². The number of rotatable bonds is 2. The first kappa shape index (κ1) is 11.5. The Morgan fingerprint density at radius 3 is 2.21 bits per heavy atom. The zero-order valence-electron chi connectivity index (χ0n) is 10.5. The number of aromatic amines is 1. The number of phenols is 1. The lowest BCUT2D eigenvalue weighted by atomic mass is 10.1. The third-order valence-corrected chi connectivity index (χ3v) is 2.94. The lowest BCUT2D eigenvalue weighted by Crippen LogP contribution is -1.81. The molecule has 3 rings (SSSR count). The Hall–Kier alpha value is -2.62. The number of phenolic OH excluding ortho intramolecular Hbond substituents is 1. The Bertz CT molecular complexity index is 624. The molecule has 0 fully saturated rings. The van der Waals surface area contributed by atoms with Crippen LogP contribution < -0.4 is 0 Å². The van der Waals surface area contributed by atoms with E-state index in [0.717, 1.165) is 17.0 Å². The van der Waals surface area contributed by atoms with E-state index in [2.05, 4.69) is 15.2 Å². The maximum atomic E-state index is 9.26. The van der Waals surface area contributed by atoms with Gasteiger partial charge in [-0.05, 0) is 31.2 Å². The summed E-state index contributed by atoms with van der Waals surface area (Å²) in [7, 11) is 0. The highest BCUT2D eigenvalue weighted by atomic mass is 16.3. The van der Waals surface area contributed by atoms with Crippen LogP contribution in [0.5, 0.6) is 5.75 Å². The van der Waals surface area contributed by atoms with Gasteiger partial charge in [0.25, 0.3) is 0 Å². The van der Waals surface area contributed by atoms with E-state index in [1.54, 1.807) is 24.3 Å². The molecular weight excluding hydrogens is 238 g/mol. The fourth-order valence-corrected chi connectivity index (χ4v) is 1.84. The van der Waals surface area contributed by atoms with Crippen LogP contribution in [0, 0.1) is 6.92 Å². The van der Waals surface area contributed by atoms with E-state index in [9.17, 15) is 5.11 Å². The first-order valence-electron chi connectivity index (χ1n) is 6.01. The summed E-state index contributed by atoms with van der Waals surface area (Å²) in [5.41, 5.74) is 3.08. The molecule has 94 valence electrons. The molecule has 0 saturated carbocycles. The van der Waals surface area contributed by atoms with Gasteiger partial charge in [0.2, 0.25) is 0 Å². The monoisotopic (exact) mass is 251 g/mol. The summed E-state index contributed by atoms with van der Waals surface area (Å²) in [6, 6.07) is 14.9. The van der Waals surface area contributed by atoms with E-state index in [4.69, 9.17) is 0 Å². The third kappa shape index (κ3) is 2.33. The van der Waals surface area contributed by atoms with Crippen molar-refractivity contribution >= 4 is 0 Å². The van der Waals surface area contributed by atoms with Crippen molar-refractivity contribution in [2.75, 3.05) is 0 Å². The predicted molar refractivity (Wildman–Crippen MR) is 73.7 cm³/mol. The first-order valence-corrected chi connectivity index (χ1v) is 6.01. The minimum Gasteiger partial charge on any atom is -0.508 e. The SMILES string of the molecule is Cc1ccc(-c2nc(-c3ccc(O)cc3)n[nH]2)cc1. The van der Waals surface area contributed by atoms with Crippen molar-refractivity contribution in [1.82, 2.24) is 15.2 Å². The molecule has 0 atom stereocenters. The number of hydrogen-bond acceptors (Lipinski definition) is 3. The molecule has 0 spiro atoms. The average Bonchev–Trinajstić information content (AvgIpc) is 2.90. The number of benzene rings is 2. The molecule has 1 aromatic heterocycles. The summed E-state index contributed by atoms with van der Waals surface area (Å²) in [6.45, 7) is 2.05. The normalized spacial score (nSPS) is 10.6. The number of nitrogens with zero attached hydrogens (tertiary/aromatic N) is 2. The van der Waals surface area contributed by atoms with Crippen molar-refractivity contribution in [2.24, 2.45) is 0 Å². The van der Waals surface area contributed by atoms with Crippen LogP contribution in [0.3, 0.4) is 0 Å². The second-order valence-corrected chi connectivity index (χ2v) is 4.42. The lowest BCUT2D eigenvalue weighted by molar-refractivity contribution is 0.475. The van der Waals surface area contributed by atoms with Crippen molar-refractivity contribution in [3.05, 3.63) is 54.1 Å². The average molecular weight is 251 g/mol. The number of aryl methyl sites for hydroxylation is 1. The highest BCUT2D eigenvalue weighted by Gasteiger charge is 2.07. The topological polar surface area (TPSA) is 61.8 Å². The van der Waals surface area contributed by atoms with Gasteiger partial charge in [-0.15, -0.1) is 0 Å². The minimum atomic E-state index is 0.234. The van der Waals surface area contributed by atoms with E-state index in [1.165, 1.54) is 5.56 Å². The van der Waals surface area contributed by atoms with Gasteiger partial charge in [0.1, 0.15) is 5.75 Å². The highest BCUT2D eigenvalue weighted by molar-refractivity contribution is 5.61. The van der Waals surface area contributed by atoms with Crippen molar-refractivity contribution in [2.45, 2.75) is 6.92 Å². The van der Waals surface area contributed by atoms with E-state index in [-0.39, 0.29) is 5.75 Å². The molecule has 1 heterocycles. The quantitative estimate of drug-likeness (QED) is 0.735. The summed E-state index contributed by atoms with van der Waals surface area (Å²) in [6.07, 6.45) is 0. The maximum Gasteiger partial charge on any atom is 0.181 e. The fourth-order valence-electron chi connectivity index (χ4n) is 1.84. The van der Waals surface area contributed by atoms with Gasteiger partial charge in [-0.25, -0.2) is 4.98 Å². The molecule has 0 amide bonds. The second-order valence-electron chi connectivity index (χ2n) is 4.42. The van der Waals surface area contributed by atoms with Crippen LogP contribution in [-0.4, -0.2) is 20.3 Å². The summed E-state index contributed by atoms with van der Waals surface area (Å²) in [5.74, 6) is 1.59. The predicted octanol–water partition coefficient (Wildman–Crippen LogP) is 3.15. The van der Waals surface area contributed by atoms with Gasteiger partial charge in [0, 0.05) is 11.1 Å². The molecule has 2 N–H and O–H groups in total. The van der Waals surface area contributed by atoms with Gasteiger partial charge in [0.05, 0.1) is 0 Å². The molecule has 19 heavy (non-hydrogen) atoms. The Morgan fingerprint density at radius 2 is 1.53 bits per heavy atom. The highest BCUT2D eigenvalue weighted by Crippen LogP contribution is 2.21. The van der Waals surface area contributed by atoms with E-state index in [0.29, 0.717) is 5.82 Å². The van der Waals surface area contributed by atoms with Gasteiger partial charge in [-0.1, -0.05) is 29.8 Å². The standard InChI is InChI=1S/C15H13N3O/c1-10-2-4-11(5-3-10)14-16-15(18-17-14)12-6-8-13(19)9-7-12/h2-9,19H,1H3,(H,16,17,18). The first-order chi connectivity index (χ1) is 9.22. The van der Waals surface area contributed by atoms with E-state index >= 15 is 0 Å². The van der Waals surface area contributed by atoms with Crippen LogP contribution in [0.15, 0.2) is 48.5 Å². The number of hydrogen-bond donors (Lipinski definition) is 2. The third-order valence-electron chi connectivity index (χ3n) is 2.94. The molecule has 0 saturated heterocycles. The smallest absolute Gasteiger partial charge is 0.181 e. The molecule has 4 nitrogen and oxygen atoms in total. The number of H-pyrrole nitrogens is 1. The molecule has 2 aromatic carbocycles. The maximum absolute atomic E-state index is 9.26. The van der Waals surface area contributed by atoms with Gasteiger partial charge < -0.3 is 5.11 Å². The van der Waals surface area contributed by atoms with Crippen LogP contribution in [0.2, 0.25) is 0 Å². The molecule has 0 aliphatic heterocycles. The summed E-state index contributed by atoms with van der Waals surface area (Å²) in [5, 5.41) is 16.4. The molecular formula is C15H13N3O. The summed E-state index contributed by atoms with van der Waals surface area (Å²) >= 11 is 0. The Labute approximate surface area is 110 Å². The number of nitrogens with one attached hydrogen (secondary N) is 1. The van der Waals surface area contributed by atoms with Crippen molar-refractivity contribution in [3.8, 4) is 28.5 Å². The van der Waals surface area contributed by atoms with Gasteiger partial charge in [-0.2, -0.15) is 5.10 Å². The minimum absolute atomic E-state index is 0.234. The van der Waals surface area contributed by atoms with Crippen molar-refractivity contribution in [1.29, 1.82) is 0 Å². The van der Waals surface area contributed by atoms with Gasteiger partial charge >= 0.3 is 0 Å². The Balaban J connectivity index is 1.95. The lowest BCUT2D eigenvalue weighted by Gasteiger charge is -1.96. The molecule has 4 heteroatoms. The van der Waals surface area contributed by atoms with Gasteiger partial charge in [-0.3, -0.25) is 5.10 Å². The Morgan fingerprint density at radius 1 is 0.895 bits per heavy atom. The molecule has 0 radical (unpaired) electrons. The van der Waals surface area contributed by atoms with Crippen LogP contribution in [0.25, 0.3) is 22.8 Å². The molecule has 3 aromatic rings. The van der Waals surface area contributed by atoms with E-state index < -0.39 is 0 Å². The number of aromatic nitrogens is 3. The van der Waals surface area contributed by atoms with Crippen LogP contribution in [0.1, 0.15) is 5.56 Å².